The second kappa shape index (κ2) is 6.39. The first kappa shape index (κ1) is 16.3. The topological polar surface area (TPSA) is 60.7 Å². The van der Waals surface area contributed by atoms with E-state index in [2.05, 4.69) is 4.98 Å². The minimum atomic E-state index is -0.135. The van der Waals surface area contributed by atoms with Gasteiger partial charge in [-0.15, -0.1) is 0 Å². The first-order valence-electron chi connectivity index (χ1n) is 8.99. The minimum absolute atomic E-state index is 0.135. The molecule has 0 spiro atoms. The molecule has 0 aliphatic heterocycles. The van der Waals surface area contributed by atoms with Crippen LogP contribution in [0.3, 0.4) is 0 Å². The van der Waals surface area contributed by atoms with Crippen molar-refractivity contribution in [2.75, 3.05) is 0 Å². The summed E-state index contributed by atoms with van der Waals surface area (Å²) in [4.78, 5) is 26.5. The molecule has 3 heterocycles. The SMILES string of the molecule is Cn1ccc(=O)c2nc(-c3ccc4ncccc4c3)c(-c3ccccc3)nc21. The predicted molar refractivity (Wildman–Crippen MR) is 111 cm³/mol. The van der Waals surface area contributed by atoms with Crippen molar-refractivity contribution in [2.24, 2.45) is 7.05 Å². The van der Waals surface area contributed by atoms with Crippen LogP contribution in [-0.2, 0) is 7.05 Å². The van der Waals surface area contributed by atoms with E-state index in [0.717, 1.165) is 27.7 Å². The molecular formula is C23H16N4O. The zero-order chi connectivity index (χ0) is 19.1. The van der Waals surface area contributed by atoms with Crippen molar-refractivity contribution < 1.29 is 0 Å². The fourth-order valence-electron chi connectivity index (χ4n) is 3.39. The van der Waals surface area contributed by atoms with Crippen LogP contribution >= 0.6 is 0 Å². The number of aryl methyl sites for hydroxylation is 1. The Balaban J connectivity index is 1.87. The lowest BCUT2D eigenvalue weighted by Gasteiger charge is -2.12. The highest BCUT2D eigenvalue weighted by Gasteiger charge is 2.16. The van der Waals surface area contributed by atoms with Gasteiger partial charge in [0.15, 0.2) is 11.2 Å². The lowest BCUT2D eigenvalue weighted by atomic mass is 10.0. The summed E-state index contributed by atoms with van der Waals surface area (Å²) in [6.45, 7) is 0. The number of nitrogens with zero attached hydrogens (tertiary/aromatic N) is 4. The highest BCUT2D eigenvalue weighted by molar-refractivity contribution is 5.89. The van der Waals surface area contributed by atoms with Gasteiger partial charge in [0.2, 0.25) is 5.43 Å². The van der Waals surface area contributed by atoms with Gasteiger partial charge >= 0.3 is 0 Å². The molecule has 5 aromatic rings. The number of rotatable bonds is 2. The quantitative estimate of drug-likeness (QED) is 0.471. The molecule has 0 N–H and O–H groups in total. The van der Waals surface area contributed by atoms with Gasteiger partial charge in [-0.1, -0.05) is 42.5 Å². The Labute approximate surface area is 161 Å². The standard InChI is InChI=1S/C23H16N4O/c1-27-13-11-19(28)22-23(27)26-20(15-6-3-2-4-7-15)21(25-22)17-9-10-18-16(14-17)8-5-12-24-18/h2-14H,1H3. The van der Waals surface area contributed by atoms with Crippen LogP contribution in [0.2, 0.25) is 0 Å². The van der Waals surface area contributed by atoms with Gasteiger partial charge in [-0.3, -0.25) is 9.78 Å². The van der Waals surface area contributed by atoms with Gasteiger partial charge in [0.25, 0.3) is 0 Å². The van der Waals surface area contributed by atoms with Crippen LogP contribution in [0.1, 0.15) is 0 Å². The third-order valence-corrected chi connectivity index (χ3v) is 4.82. The predicted octanol–water partition coefficient (Wildman–Crippen LogP) is 4.21. The largest absolute Gasteiger partial charge is 0.334 e. The van der Waals surface area contributed by atoms with E-state index in [1.165, 1.54) is 6.07 Å². The molecule has 0 fully saturated rings. The van der Waals surface area contributed by atoms with Crippen LogP contribution in [0.4, 0.5) is 0 Å². The van der Waals surface area contributed by atoms with Crippen molar-refractivity contribution in [3.63, 3.8) is 0 Å². The van der Waals surface area contributed by atoms with E-state index in [0.29, 0.717) is 16.9 Å². The van der Waals surface area contributed by atoms with Crippen molar-refractivity contribution in [3.05, 3.63) is 89.3 Å². The van der Waals surface area contributed by atoms with E-state index in [1.807, 2.05) is 72.3 Å². The van der Waals surface area contributed by atoms with Crippen LogP contribution in [0.25, 0.3) is 44.6 Å². The summed E-state index contributed by atoms with van der Waals surface area (Å²) in [6, 6.07) is 21.3. The Kier molecular flexibility index (Phi) is 3.72. The van der Waals surface area contributed by atoms with Gasteiger partial charge in [0, 0.05) is 42.0 Å². The maximum atomic E-state index is 12.4. The summed E-state index contributed by atoms with van der Waals surface area (Å²) in [7, 11) is 1.87. The highest BCUT2D eigenvalue weighted by atomic mass is 16.1. The molecule has 28 heavy (non-hydrogen) atoms. The van der Waals surface area contributed by atoms with E-state index in [-0.39, 0.29) is 5.43 Å². The molecule has 134 valence electrons. The van der Waals surface area contributed by atoms with Crippen LogP contribution in [0.5, 0.6) is 0 Å². The fraction of sp³-hybridized carbons (Fsp3) is 0.0435. The molecule has 0 aliphatic carbocycles. The van der Waals surface area contributed by atoms with Crippen LogP contribution < -0.4 is 5.43 Å². The molecule has 0 atom stereocenters. The summed E-state index contributed by atoms with van der Waals surface area (Å²) in [5.41, 5.74) is 5.00. The molecule has 5 heteroatoms. The Hall–Kier alpha value is -3.86. The van der Waals surface area contributed by atoms with E-state index in [9.17, 15) is 4.79 Å². The zero-order valence-corrected chi connectivity index (χ0v) is 15.2. The molecular weight excluding hydrogens is 348 g/mol. The number of aromatic nitrogens is 4. The smallest absolute Gasteiger partial charge is 0.209 e. The molecule has 0 unspecified atom stereocenters. The normalized spacial score (nSPS) is 11.2. The van der Waals surface area contributed by atoms with Gasteiger partial charge < -0.3 is 4.57 Å². The van der Waals surface area contributed by atoms with E-state index in [1.54, 1.807) is 12.4 Å². The number of hydrogen-bond acceptors (Lipinski definition) is 4. The van der Waals surface area contributed by atoms with Gasteiger partial charge in [-0.25, -0.2) is 9.97 Å². The van der Waals surface area contributed by atoms with Crippen LogP contribution in [0.15, 0.2) is 83.9 Å². The van der Waals surface area contributed by atoms with Gasteiger partial charge in [-0.2, -0.15) is 0 Å². The molecule has 2 aromatic carbocycles. The Bertz CT molecular complexity index is 1390. The summed E-state index contributed by atoms with van der Waals surface area (Å²) in [5, 5.41) is 1.02. The molecule has 0 saturated carbocycles. The van der Waals surface area contributed by atoms with Gasteiger partial charge in [0.1, 0.15) is 0 Å². The third kappa shape index (κ3) is 2.65. The molecule has 0 aliphatic rings. The first-order valence-corrected chi connectivity index (χ1v) is 8.99. The van der Waals surface area contributed by atoms with Crippen molar-refractivity contribution in [1.29, 1.82) is 0 Å². The first-order chi connectivity index (χ1) is 13.7. The van der Waals surface area contributed by atoms with Crippen LogP contribution in [-0.4, -0.2) is 19.5 Å². The van der Waals surface area contributed by atoms with Crippen molar-refractivity contribution in [3.8, 4) is 22.5 Å². The van der Waals surface area contributed by atoms with Crippen LogP contribution in [0, 0.1) is 0 Å². The highest BCUT2D eigenvalue weighted by Crippen LogP contribution is 2.31. The Morgan fingerprint density at radius 2 is 1.64 bits per heavy atom. The lowest BCUT2D eigenvalue weighted by molar-refractivity contribution is 0.924. The zero-order valence-electron chi connectivity index (χ0n) is 15.2. The monoisotopic (exact) mass is 364 g/mol. The van der Waals surface area contributed by atoms with E-state index < -0.39 is 0 Å². The molecule has 3 aromatic heterocycles. The van der Waals surface area contributed by atoms with Gasteiger partial charge in [-0.05, 0) is 18.2 Å². The second-order valence-corrected chi connectivity index (χ2v) is 6.66. The molecule has 5 nitrogen and oxygen atoms in total. The molecule has 0 amide bonds. The van der Waals surface area contributed by atoms with Crippen molar-refractivity contribution in [1.82, 2.24) is 19.5 Å². The maximum Gasteiger partial charge on any atom is 0.209 e. The second-order valence-electron chi connectivity index (χ2n) is 6.66. The van der Waals surface area contributed by atoms with Crippen molar-refractivity contribution >= 4 is 22.1 Å². The Morgan fingerprint density at radius 3 is 2.50 bits per heavy atom. The minimum Gasteiger partial charge on any atom is -0.334 e. The molecule has 0 saturated heterocycles. The summed E-state index contributed by atoms with van der Waals surface area (Å²) < 4.78 is 1.82. The Morgan fingerprint density at radius 1 is 0.821 bits per heavy atom. The summed E-state index contributed by atoms with van der Waals surface area (Å²) in [5.74, 6) is 0. The average molecular weight is 364 g/mol. The third-order valence-electron chi connectivity index (χ3n) is 4.82. The average Bonchev–Trinajstić information content (AvgIpc) is 2.76. The van der Waals surface area contributed by atoms with E-state index in [4.69, 9.17) is 9.97 Å². The summed E-state index contributed by atoms with van der Waals surface area (Å²) in [6.07, 6.45) is 3.49. The molecule has 5 rings (SSSR count). The van der Waals surface area contributed by atoms with Gasteiger partial charge in [0.05, 0.1) is 16.9 Å². The fourth-order valence-corrected chi connectivity index (χ4v) is 3.39. The van der Waals surface area contributed by atoms with E-state index >= 15 is 0 Å². The maximum absolute atomic E-state index is 12.4. The number of benzene rings is 2. The lowest BCUT2D eigenvalue weighted by Crippen LogP contribution is -2.10. The summed E-state index contributed by atoms with van der Waals surface area (Å²) >= 11 is 0. The number of pyridine rings is 2. The molecule has 0 bridgehead atoms. The van der Waals surface area contributed by atoms with Crippen molar-refractivity contribution in [2.45, 2.75) is 0 Å². The number of hydrogen-bond donors (Lipinski definition) is 0. The molecule has 0 radical (unpaired) electrons. The number of fused-ring (bicyclic) bond motifs is 2.